The molecule has 130 valence electrons. The number of rotatable bonds is 2. The van der Waals surface area contributed by atoms with Crippen LogP contribution in [0.5, 0.6) is 0 Å². The lowest BCUT2D eigenvalue weighted by molar-refractivity contribution is 0.881. The van der Waals surface area contributed by atoms with Gasteiger partial charge in [0.1, 0.15) is 11.2 Å². The first-order valence-electron chi connectivity index (χ1n) is 8.99. The molecular formula is C23H18N4. The van der Waals surface area contributed by atoms with Gasteiger partial charge in [0.15, 0.2) is 0 Å². The average Bonchev–Trinajstić information content (AvgIpc) is 3.14. The number of aryl methyl sites for hydroxylation is 2. The van der Waals surface area contributed by atoms with E-state index in [4.69, 9.17) is 4.98 Å². The molecule has 5 aromatic rings. The molecule has 0 radical (unpaired) electrons. The van der Waals surface area contributed by atoms with E-state index in [0.29, 0.717) is 0 Å². The Bertz CT molecular complexity index is 1270. The fraction of sp³-hybridized carbons (Fsp3) is 0.0870. The highest BCUT2D eigenvalue weighted by molar-refractivity contribution is 5.94. The van der Waals surface area contributed by atoms with E-state index in [9.17, 15) is 0 Å². The standard InChI is InChI=1S/C23H18N4/c1-15-8-11-18(12-9-15)22-23-21(17-6-4-3-5-7-17)24-19-13-10-16(2)14-20(19)27(23)26-25-22/h3-14H,1-2H3. The SMILES string of the molecule is Cc1ccc(-c2nnn3c2c(-c2ccccc2)nc2ccc(C)cc23)cc1. The van der Waals surface area contributed by atoms with Crippen molar-refractivity contribution < 1.29 is 0 Å². The van der Waals surface area contributed by atoms with Crippen molar-refractivity contribution in [1.82, 2.24) is 19.8 Å². The van der Waals surface area contributed by atoms with E-state index in [1.54, 1.807) is 0 Å². The van der Waals surface area contributed by atoms with Crippen LogP contribution in [0.3, 0.4) is 0 Å². The summed E-state index contributed by atoms with van der Waals surface area (Å²) in [5.74, 6) is 0. The molecule has 0 N–H and O–H groups in total. The highest BCUT2D eigenvalue weighted by Gasteiger charge is 2.18. The molecule has 27 heavy (non-hydrogen) atoms. The Balaban J connectivity index is 1.91. The summed E-state index contributed by atoms with van der Waals surface area (Å²) < 4.78 is 1.92. The zero-order valence-corrected chi connectivity index (χ0v) is 15.2. The molecule has 0 aliphatic rings. The number of hydrogen-bond acceptors (Lipinski definition) is 3. The molecule has 4 nitrogen and oxygen atoms in total. The Labute approximate surface area is 157 Å². The van der Waals surface area contributed by atoms with Gasteiger partial charge in [0.05, 0.1) is 16.7 Å². The summed E-state index contributed by atoms with van der Waals surface area (Å²) in [5.41, 5.74) is 9.05. The third-order valence-corrected chi connectivity index (χ3v) is 4.86. The van der Waals surface area contributed by atoms with Crippen molar-refractivity contribution in [3.8, 4) is 22.5 Å². The topological polar surface area (TPSA) is 43.1 Å². The first kappa shape index (κ1) is 15.7. The van der Waals surface area contributed by atoms with Crippen molar-refractivity contribution in [2.45, 2.75) is 13.8 Å². The van der Waals surface area contributed by atoms with Crippen LogP contribution < -0.4 is 0 Å². The Morgan fingerprint density at radius 1 is 0.704 bits per heavy atom. The maximum Gasteiger partial charge on any atom is 0.123 e. The number of hydrogen-bond donors (Lipinski definition) is 0. The van der Waals surface area contributed by atoms with Crippen LogP contribution in [0, 0.1) is 13.8 Å². The zero-order chi connectivity index (χ0) is 18.4. The molecule has 0 saturated heterocycles. The van der Waals surface area contributed by atoms with Crippen LogP contribution in [0.1, 0.15) is 11.1 Å². The maximum absolute atomic E-state index is 4.99. The number of benzene rings is 3. The molecule has 0 aliphatic heterocycles. The molecule has 5 rings (SSSR count). The maximum atomic E-state index is 4.99. The van der Waals surface area contributed by atoms with Crippen LogP contribution in [0.2, 0.25) is 0 Å². The quantitative estimate of drug-likeness (QED) is 0.438. The van der Waals surface area contributed by atoms with Gasteiger partial charge >= 0.3 is 0 Å². The van der Waals surface area contributed by atoms with Gasteiger partial charge in [-0.3, -0.25) is 0 Å². The molecule has 0 fully saturated rings. The summed E-state index contributed by atoms with van der Waals surface area (Å²) >= 11 is 0. The summed E-state index contributed by atoms with van der Waals surface area (Å²) in [6.07, 6.45) is 0. The predicted molar refractivity (Wildman–Crippen MR) is 109 cm³/mol. The summed E-state index contributed by atoms with van der Waals surface area (Å²) in [7, 11) is 0. The molecule has 0 atom stereocenters. The van der Waals surface area contributed by atoms with Gasteiger partial charge in [0.25, 0.3) is 0 Å². The number of aromatic nitrogens is 4. The van der Waals surface area contributed by atoms with Crippen molar-refractivity contribution in [2.24, 2.45) is 0 Å². The van der Waals surface area contributed by atoms with Crippen LogP contribution >= 0.6 is 0 Å². The van der Waals surface area contributed by atoms with Gasteiger partial charge in [0, 0.05) is 11.1 Å². The van der Waals surface area contributed by atoms with E-state index in [0.717, 1.165) is 39.1 Å². The lowest BCUT2D eigenvalue weighted by Gasteiger charge is -2.09. The van der Waals surface area contributed by atoms with Crippen molar-refractivity contribution in [3.63, 3.8) is 0 Å². The molecule has 0 saturated carbocycles. The lowest BCUT2D eigenvalue weighted by atomic mass is 10.0. The molecule has 4 heteroatoms. The molecular weight excluding hydrogens is 332 g/mol. The second kappa shape index (κ2) is 6.02. The van der Waals surface area contributed by atoms with Crippen LogP contribution in [-0.2, 0) is 0 Å². The fourth-order valence-corrected chi connectivity index (χ4v) is 3.44. The Kier molecular flexibility index (Phi) is 3.50. The van der Waals surface area contributed by atoms with E-state index < -0.39 is 0 Å². The lowest BCUT2D eigenvalue weighted by Crippen LogP contribution is -1.98. The van der Waals surface area contributed by atoms with Gasteiger partial charge < -0.3 is 0 Å². The van der Waals surface area contributed by atoms with Crippen molar-refractivity contribution in [2.75, 3.05) is 0 Å². The molecule has 0 bridgehead atoms. The third-order valence-electron chi connectivity index (χ3n) is 4.86. The zero-order valence-electron chi connectivity index (χ0n) is 15.2. The molecule has 3 aromatic carbocycles. The second-order valence-corrected chi connectivity index (χ2v) is 6.88. The number of nitrogens with zero attached hydrogens (tertiary/aromatic N) is 4. The van der Waals surface area contributed by atoms with Crippen molar-refractivity contribution in [1.29, 1.82) is 0 Å². The normalized spacial score (nSPS) is 11.3. The third kappa shape index (κ3) is 2.57. The largest absolute Gasteiger partial charge is 0.244 e. The van der Waals surface area contributed by atoms with Crippen LogP contribution in [0.25, 0.3) is 39.1 Å². The summed E-state index contributed by atoms with van der Waals surface area (Å²) in [6, 6.07) is 24.8. The molecule has 2 heterocycles. The Morgan fingerprint density at radius 3 is 2.19 bits per heavy atom. The summed E-state index contributed by atoms with van der Waals surface area (Å²) in [4.78, 5) is 4.99. The van der Waals surface area contributed by atoms with Crippen LogP contribution in [0.4, 0.5) is 0 Å². The highest BCUT2D eigenvalue weighted by Crippen LogP contribution is 2.32. The van der Waals surface area contributed by atoms with Gasteiger partial charge in [-0.25, -0.2) is 9.50 Å². The van der Waals surface area contributed by atoms with Crippen molar-refractivity contribution >= 4 is 16.6 Å². The minimum absolute atomic E-state index is 0.852. The van der Waals surface area contributed by atoms with E-state index in [1.165, 1.54) is 11.1 Å². The molecule has 0 amide bonds. The first-order valence-corrected chi connectivity index (χ1v) is 8.99. The molecule has 0 unspecified atom stereocenters. The van der Waals surface area contributed by atoms with Gasteiger partial charge in [-0.15, -0.1) is 5.10 Å². The van der Waals surface area contributed by atoms with Gasteiger partial charge in [-0.2, -0.15) is 0 Å². The first-order chi connectivity index (χ1) is 13.2. The van der Waals surface area contributed by atoms with Crippen LogP contribution in [0.15, 0.2) is 72.8 Å². The van der Waals surface area contributed by atoms with Gasteiger partial charge in [0.2, 0.25) is 0 Å². The highest BCUT2D eigenvalue weighted by atomic mass is 15.4. The molecule has 0 aliphatic carbocycles. The Morgan fingerprint density at radius 2 is 1.41 bits per heavy atom. The second-order valence-electron chi connectivity index (χ2n) is 6.88. The van der Waals surface area contributed by atoms with Crippen LogP contribution in [-0.4, -0.2) is 19.8 Å². The number of fused-ring (bicyclic) bond motifs is 3. The Hall–Kier alpha value is -3.53. The smallest absolute Gasteiger partial charge is 0.123 e. The summed E-state index contributed by atoms with van der Waals surface area (Å²) in [6.45, 7) is 4.16. The van der Waals surface area contributed by atoms with Crippen molar-refractivity contribution in [3.05, 3.63) is 83.9 Å². The predicted octanol–water partition coefficient (Wildman–Crippen LogP) is 5.23. The average molecular weight is 350 g/mol. The van der Waals surface area contributed by atoms with E-state index in [2.05, 4.69) is 72.7 Å². The summed E-state index contributed by atoms with van der Waals surface area (Å²) in [5, 5.41) is 9.03. The monoisotopic (exact) mass is 350 g/mol. The van der Waals surface area contributed by atoms with E-state index in [-0.39, 0.29) is 0 Å². The molecule has 2 aromatic heterocycles. The molecule has 0 spiro atoms. The minimum Gasteiger partial charge on any atom is -0.244 e. The fourth-order valence-electron chi connectivity index (χ4n) is 3.44. The van der Waals surface area contributed by atoms with Gasteiger partial charge in [-0.1, -0.05) is 71.4 Å². The minimum atomic E-state index is 0.852. The van der Waals surface area contributed by atoms with Gasteiger partial charge in [-0.05, 0) is 31.5 Å². The van der Waals surface area contributed by atoms with E-state index in [1.807, 2.05) is 28.8 Å². The van der Waals surface area contributed by atoms with E-state index >= 15 is 0 Å².